The molecule has 1 aliphatic carbocycles. The summed E-state index contributed by atoms with van der Waals surface area (Å²) >= 11 is 0. The lowest BCUT2D eigenvalue weighted by molar-refractivity contribution is 0.159. The molecular formula is C12H23N5. The molecule has 1 saturated carbocycles. The van der Waals surface area contributed by atoms with Gasteiger partial charge in [-0.3, -0.25) is 0 Å². The molecule has 2 N–H and O–H groups in total. The van der Waals surface area contributed by atoms with Gasteiger partial charge in [0.2, 0.25) is 0 Å². The molecule has 1 aromatic heterocycles. The summed E-state index contributed by atoms with van der Waals surface area (Å²) < 4.78 is 0. The molecule has 96 valence electrons. The fraction of sp³-hybridized carbons (Fsp3) is 0.917. The van der Waals surface area contributed by atoms with Crippen LogP contribution in [0, 0.1) is 11.3 Å². The van der Waals surface area contributed by atoms with E-state index in [1.807, 2.05) is 0 Å². The third kappa shape index (κ3) is 3.49. The van der Waals surface area contributed by atoms with Crippen molar-refractivity contribution in [3.05, 3.63) is 5.82 Å². The Balaban J connectivity index is 1.72. The number of aromatic amines is 1. The van der Waals surface area contributed by atoms with Gasteiger partial charge >= 0.3 is 0 Å². The molecule has 0 amide bonds. The van der Waals surface area contributed by atoms with Crippen molar-refractivity contribution >= 4 is 0 Å². The smallest absolute Gasteiger partial charge is 0.188 e. The molecule has 0 aromatic carbocycles. The maximum atomic E-state index is 3.95. The van der Waals surface area contributed by atoms with Crippen LogP contribution in [-0.4, -0.2) is 26.7 Å². The predicted octanol–water partition coefficient (Wildman–Crippen LogP) is 1.89. The van der Waals surface area contributed by atoms with Gasteiger partial charge in [-0.25, -0.2) is 0 Å². The van der Waals surface area contributed by atoms with E-state index in [-0.39, 0.29) is 0 Å². The number of H-pyrrole nitrogens is 1. The van der Waals surface area contributed by atoms with E-state index in [0.29, 0.717) is 11.5 Å². The van der Waals surface area contributed by atoms with Crippen molar-refractivity contribution in [2.75, 3.05) is 0 Å². The Morgan fingerprint density at radius 1 is 1.24 bits per heavy atom. The van der Waals surface area contributed by atoms with Crippen LogP contribution in [0.3, 0.4) is 0 Å². The van der Waals surface area contributed by atoms with E-state index in [0.717, 1.165) is 18.3 Å². The first kappa shape index (κ1) is 12.5. The topological polar surface area (TPSA) is 66.5 Å². The molecule has 2 rings (SSSR count). The second kappa shape index (κ2) is 5.12. The molecule has 0 unspecified atom stereocenters. The van der Waals surface area contributed by atoms with Gasteiger partial charge in [0.1, 0.15) is 0 Å². The molecule has 1 heterocycles. The lowest BCUT2D eigenvalue weighted by Gasteiger charge is -2.37. The van der Waals surface area contributed by atoms with E-state index in [9.17, 15) is 0 Å². The summed E-state index contributed by atoms with van der Waals surface area (Å²) in [5.74, 6) is 1.62. The van der Waals surface area contributed by atoms with E-state index < -0.39 is 0 Å². The first-order chi connectivity index (χ1) is 8.05. The van der Waals surface area contributed by atoms with Crippen molar-refractivity contribution in [2.24, 2.45) is 11.3 Å². The third-order valence-corrected chi connectivity index (χ3v) is 3.89. The standard InChI is InChI=1S/C12H23N5/c1-12(2,3)9-4-6-10(7-5-9)13-8-11-14-16-17-15-11/h9-10,13H,4-8H2,1-3H3,(H,14,15,16,17). The van der Waals surface area contributed by atoms with Gasteiger partial charge in [0.15, 0.2) is 5.82 Å². The molecule has 17 heavy (non-hydrogen) atoms. The zero-order chi connectivity index (χ0) is 12.3. The minimum Gasteiger partial charge on any atom is -0.307 e. The molecule has 5 heteroatoms. The first-order valence-electron chi connectivity index (χ1n) is 6.51. The van der Waals surface area contributed by atoms with E-state index in [4.69, 9.17) is 0 Å². The van der Waals surface area contributed by atoms with Gasteiger partial charge in [0, 0.05) is 6.04 Å². The zero-order valence-corrected chi connectivity index (χ0v) is 11.0. The van der Waals surface area contributed by atoms with Crippen LogP contribution in [-0.2, 0) is 6.54 Å². The number of nitrogens with one attached hydrogen (secondary N) is 2. The van der Waals surface area contributed by atoms with Crippen LogP contribution in [0.5, 0.6) is 0 Å². The summed E-state index contributed by atoms with van der Waals surface area (Å²) in [6.45, 7) is 7.78. The Hall–Kier alpha value is -0.970. The zero-order valence-electron chi connectivity index (χ0n) is 11.0. The van der Waals surface area contributed by atoms with E-state index in [1.54, 1.807) is 0 Å². The van der Waals surface area contributed by atoms with Crippen molar-refractivity contribution in [2.45, 2.75) is 59.0 Å². The lowest BCUT2D eigenvalue weighted by Crippen LogP contribution is -2.36. The number of tetrazole rings is 1. The number of nitrogens with zero attached hydrogens (tertiary/aromatic N) is 3. The number of rotatable bonds is 3. The Bertz CT molecular complexity index is 319. The van der Waals surface area contributed by atoms with Crippen molar-refractivity contribution in [1.29, 1.82) is 0 Å². The number of hydrogen-bond acceptors (Lipinski definition) is 4. The van der Waals surface area contributed by atoms with Crippen molar-refractivity contribution in [3.63, 3.8) is 0 Å². The molecule has 1 aliphatic rings. The Labute approximate surface area is 103 Å². The fourth-order valence-electron chi connectivity index (χ4n) is 2.66. The minimum absolute atomic E-state index is 0.457. The summed E-state index contributed by atoms with van der Waals surface area (Å²) in [5, 5.41) is 17.4. The summed E-state index contributed by atoms with van der Waals surface area (Å²) in [6, 6.07) is 0.618. The van der Waals surface area contributed by atoms with Gasteiger partial charge in [-0.1, -0.05) is 26.0 Å². The largest absolute Gasteiger partial charge is 0.307 e. The van der Waals surface area contributed by atoms with Gasteiger partial charge < -0.3 is 5.32 Å². The Morgan fingerprint density at radius 3 is 2.47 bits per heavy atom. The van der Waals surface area contributed by atoms with Crippen LogP contribution in [0.15, 0.2) is 0 Å². The molecule has 0 spiro atoms. The van der Waals surface area contributed by atoms with Gasteiger partial charge in [-0.15, -0.1) is 10.2 Å². The first-order valence-corrected chi connectivity index (χ1v) is 6.51. The maximum absolute atomic E-state index is 3.95. The Kier molecular flexibility index (Phi) is 3.76. The summed E-state index contributed by atoms with van der Waals surface area (Å²) in [5.41, 5.74) is 0.457. The van der Waals surface area contributed by atoms with Crippen LogP contribution in [0.25, 0.3) is 0 Å². The van der Waals surface area contributed by atoms with Gasteiger partial charge in [-0.05, 0) is 37.0 Å². The fourth-order valence-corrected chi connectivity index (χ4v) is 2.66. The minimum atomic E-state index is 0.457. The molecular weight excluding hydrogens is 214 g/mol. The summed E-state index contributed by atoms with van der Waals surface area (Å²) in [4.78, 5) is 0. The number of hydrogen-bond donors (Lipinski definition) is 2. The molecule has 1 aromatic rings. The van der Waals surface area contributed by atoms with E-state index in [2.05, 4.69) is 46.7 Å². The quantitative estimate of drug-likeness (QED) is 0.842. The molecule has 0 radical (unpaired) electrons. The Morgan fingerprint density at radius 2 is 1.94 bits per heavy atom. The molecule has 0 saturated heterocycles. The molecule has 0 bridgehead atoms. The molecule has 1 fully saturated rings. The van der Waals surface area contributed by atoms with E-state index in [1.165, 1.54) is 25.7 Å². The summed E-state index contributed by atoms with van der Waals surface area (Å²) in [7, 11) is 0. The van der Waals surface area contributed by atoms with Crippen molar-refractivity contribution < 1.29 is 0 Å². The van der Waals surface area contributed by atoms with Gasteiger partial charge in [0.25, 0.3) is 0 Å². The monoisotopic (exact) mass is 237 g/mol. The molecule has 5 nitrogen and oxygen atoms in total. The molecule has 0 atom stereocenters. The normalized spacial score (nSPS) is 26.1. The SMILES string of the molecule is CC(C)(C)C1CCC(NCc2nn[nH]n2)CC1. The van der Waals surface area contributed by atoms with Crippen LogP contribution >= 0.6 is 0 Å². The second-order valence-electron chi connectivity index (χ2n) is 6.12. The second-order valence-corrected chi connectivity index (χ2v) is 6.12. The van der Waals surface area contributed by atoms with E-state index >= 15 is 0 Å². The lowest BCUT2D eigenvalue weighted by atomic mass is 9.71. The average molecular weight is 237 g/mol. The highest BCUT2D eigenvalue weighted by Crippen LogP contribution is 2.37. The predicted molar refractivity (Wildman–Crippen MR) is 66.2 cm³/mol. The van der Waals surface area contributed by atoms with Crippen LogP contribution in [0.4, 0.5) is 0 Å². The maximum Gasteiger partial charge on any atom is 0.188 e. The third-order valence-electron chi connectivity index (χ3n) is 3.89. The average Bonchev–Trinajstić information content (AvgIpc) is 2.78. The molecule has 0 aliphatic heterocycles. The van der Waals surface area contributed by atoms with Crippen LogP contribution < -0.4 is 5.32 Å². The van der Waals surface area contributed by atoms with Crippen LogP contribution in [0.2, 0.25) is 0 Å². The highest BCUT2D eigenvalue weighted by Gasteiger charge is 2.29. The highest BCUT2D eigenvalue weighted by molar-refractivity contribution is 4.85. The van der Waals surface area contributed by atoms with Gasteiger partial charge in [0.05, 0.1) is 6.54 Å². The van der Waals surface area contributed by atoms with Gasteiger partial charge in [-0.2, -0.15) is 5.21 Å². The van der Waals surface area contributed by atoms with Crippen LogP contribution in [0.1, 0.15) is 52.3 Å². The van der Waals surface area contributed by atoms with Crippen molar-refractivity contribution in [1.82, 2.24) is 25.9 Å². The van der Waals surface area contributed by atoms with Crippen molar-refractivity contribution in [3.8, 4) is 0 Å². The highest BCUT2D eigenvalue weighted by atomic mass is 15.5. The number of aromatic nitrogens is 4. The summed E-state index contributed by atoms with van der Waals surface area (Å²) in [6.07, 6.45) is 5.18.